The molecular formula is C14H30N2. The number of hydrogen-bond donors (Lipinski definition) is 1. The summed E-state index contributed by atoms with van der Waals surface area (Å²) in [6.45, 7) is 10.5. The zero-order valence-corrected chi connectivity index (χ0v) is 11.7. The minimum Gasteiger partial charge on any atom is -0.316 e. The van der Waals surface area contributed by atoms with Crippen LogP contribution >= 0.6 is 0 Å². The highest BCUT2D eigenvalue weighted by Crippen LogP contribution is 2.32. The lowest BCUT2D eigenvalue weighted by atomic mass is 9.81. The van der Waals surface area contributed by atoms with Gasteiger partial charge < -0.3 is 10.2 Å². The minimum atomic E-state index is 0.493. The van der Waals surface area contributed by atoms with Gasteiger partial charge in [-0.1, -0.05) is 20.8 Å². The molecule has 1 saturated carbocycles. The maximum atomic E-state index is 3.62. The van der Waals surface area contributed by atoms with Gasteiger partial charge in [-0.3, -0.25) is 0 Å². The van der Waals surface area contributed by atoms with Gasteiger partial charge in [0.15, 0.2) is 0 Å². The normalized spacial score (nSPS) is 17.1. The fourth-order valence-corrected chi connectivity index (χ4v) is 2.48. The second kappa shape index (κ2) is 6.61. The van der Waals surface area contributed by atoms with Gasteiger partial charge in [-0.2, -0.15) is 0 Å². The highest BCUT2D eigenvalue weighted by Gasteiger charge is 2.33. The van der Waals surface area contributed by atoms with Crippen molar-refractivity contribution in [2.24, 2.45) is 5.41 Å². The maximum absolute atomic E-state index is 3.62. The average Bonchev–Trinajstić information content (AvgIpc) is 3.11. The molecule has 1 fully saturated rings. The molecule has 0 atom stereocenters. The first-order valence-corrected chi connectivity index (χ1v) is 7.08. The molecule has 0 spiro atoms. The first-order valence-electron chi connectivity index (χ1n) is 7.08. The van der Waals surface area contributed by atoms with Gasteiger partial charge in [0.1, 0.15) is 0 Å². The van der Waals surface area contributed by atoms with E-state index < -0.39 is 0 Å². The Hall–Kier alpha value is -0.0800. The lowest BCUT2D eigenvalue weighted by Crippen LogP contribution is -2.43. The van der Waals surface area contributed by atoms with Crippen LogP contribution in [0.2, 0.25) is 0 Å². The summed E-state index contributed by atoms with van der Waals surface area (Å²) in [6, 6.07) is 0.892. The molecule has 0 aromatic rings. The van der Waals surface area contributed by atoms with Gasteiger partial charge in [0.25, 0.3) is 0 Å². The van der Waals surface area contributed by atoms with Gasteiger partial charge in [-0.05, 0) is 51.1 Å². The fraction of sp³-hybridized carbons (Fsp3) is 1.00. The maximum Gasteiger partial charge on any atom is 0.00936 e. The molecule has 16 heavy (non-hydrogen) atoms. The van der Waals surface area contributed by atoms with Gasteiger partial charge in [-0.25, -0.2) is 0 Å². The predicted molar refractivity (Wildman–Crippen MR) is 71.8 cm³/mol. The quantitative estimate of drug-likeness (QED) is 0.608. The predicted octanol–water partition coefficient (Wildman–Crippen LogP) is 2.89. The third kappa shape index (κ3) is 4.06. The van der Waals surface area contributed by atoms with E-state index in [9.17, 15) is 0 Å². The summed E-state index contributed by atoms with van der Waals surface area (Å²) in [4.78, 5) is 2.58. The molecule has 0 aromatic carbocycles. The Morgan fingerprint density at radius 2 is 1.81 bits per heavy atom. The lowest BCUT2D eigenvalue weighted by molar-refractivity contribution is 0.150. The van der Waals surface area contributed by atoms with E-state index in [-0.39, 0.29) is 0 Å². The van der Waals surface area contributed by atoms with E-state index in [1.165, 1.54) is 45.2 Å². The van der Waals surface area contributed by atoms with Crippen molar-refractivity contribution in [1.29, 1.82) is 0 Å². The Morgan fingerprint density at radius 3 is 2.25 bits per heavy atom. The molecule has 1 N–H and O–H groups in total. The monoisotopic (exact) mass is 226 g/mol. The molecule has 0 aliphatic heterocycles. The molecule has 0 radical (unpaired) electrons. The molecule has 0 aromatic heterocycles. The molecule has 0 bridgehead atoms. The molecule has 1 aliphatic carbocycles. The van der Waals surface area contributed by atoms with E-state index in [2.05, 4.69) is 38.0 Å². The van der Waals surface area contributed by atoms with Gasteiger partial charge in [-0.15, -0.1) is 0 Å². The van der Waals surface area contributed by atoms with Crippen LogP contribution in [0.4, 0.5) is 0 Å². The van der Waals surface area contributed by atoms with Crippen molar-refractivity contribution >= 4 is 0 Å². The topological polar surface area (TPSA) is 15.3 Å². The lowest BCUT2D eigenvalue weighted by Gasteiger charge is -2.36. The molecule has 2 nitrogen and oxygen atoms in total. The van der Waals surface area contributed by atoms with E-state index in [1.807, 2.05) is 0 Å². The summed E-state index contributed by atoms with van der Waals surface area (Å²) in [5.74, 6) is 0. The van der Waals surface area contributed by atoms with Gasteiger partial charge in [0.2, 0.25) is 0 Å². The Labute approximate surface area is 102 Å². The van der Waals surface area contributed by atoms with Crippen LogP contribution in [0, 0.1) is 5.41 Å². The van der Waals surface area contributed by atoms with Crippen molar-refractivity contribution in [2.45, 2.75) is 58.9 Å². The van der Waals surface area contributed by atoms with Crippen LogP contribution < -0.4 is 5.32 Å². The van der Waals surface area contributed by atoms with Gasteiger partial charge >= 0.3 is 0 Å². The van der Waals surface area contributed by atoms with Crippen LogP contribution in [0.5, 0.6) is 0 Å². The molecular weight excluding hydrogens is 196 g/mol. The van der Waals surface area contributed by atoms with E-state index in [1.54, 1.807) is 0 Å². The van der Waals surface area contributed by atoms with Crippen molar-refractivity contribution in [3.05, 3.63) is 0 Å². The third-order valence-corrected chi connectivity index (χ3v) is 4.18. The molecule has 0 saturated heterocycles. The number of nitrogens with zero attached hydrogens (tertiary/aromatic N) is 1. The summed E-state index contributed by atoms with van der Waals surface area (Å²) in [7, 11) is 2.30. The van der Waals surface area contributed by atoms with Crippen LogP contribution in [0.25, 0.3) is 0 Å². The first-order chi connectivity index (χ1) is 7.67. The molecule has 0 amide bonds. The number of rotatable bonds is 9. The molecule has 0 heterocycles. The Morgan fingerprint density at radius 1 is 1.19 bits per heavy atom. The van der Waals surface area contributed by atoms with Crippen LogP contribution in [0.3, 0.4) is 0 Å². The second-order valence-corrected chi connectivity index (χ2v) is 5.53. The van der Waals surface area contributed by atoms with E-state index in [0.717, 1.165) is 12.6 Å². The number of nitrogens with one attached hydrogen (secondary N) is 1. The molecule has 1 aliphatic rings. The van der Waals surface area contributed by atoms with E-state index >= 15 is 0 Å². The van der Waals surface area contributed by atoms with Crippen molar-refractivity contribution in [3.63, 3.8) is 0 Å². The Kier molecular flexibility index (Phi) is 5.77. The van der Waals surface area contributed by atoms with Gasteiger partial charge in [0.05, 0.1) is 0 Å². The molecule has 1 rings (SSSR count). The average molecular weight is 226 g/mol. The summed E-state index contributed by atoms with van der Waals surface area (Å²) in [6.07, 6.45) is 6.65. The van der Waals surface area contributed by atoms with Crippen LogP contribution in [-0.2, 0) is 0 Å². The van der Waals surface area contributed by atoms with Crippen molar-refractivity contribution in [1.82, 2.24) is 10.2 Å². The van der Waals surface area contributed by atoms with Crippen molar-refractivity contribution in [3.8, 4) is 0 Å². The number of hydrogen-bond acceptors (Lipinski definition) is 2. The Bertz CT molecular complexity index is 183. The summed E-state index contributed by atoms with van der Waals surface area (Å²) < 4.78 is 0. The highest BCUT2D eigenvalue weighted by molar-refractivity contribution is 4.89. The second-order valence-electron chi connectivity index (χ2n) is 5.53. The molecule has 0 unspecified atom stereocenters. The van der Waals surface area contributed by atoms with Gasteiger partial charge in [0, 0.05) is 19.1 Å². The van der Waals surface area contributed by atoms with Crippen molar-refractivity contribution < 1.29 is 0 Å². The van der Waals surface area contributed by atoms with Crippen LogP contribution in [0.15, 0.2) is 0 Å². The summed E-state index contributed by atoms with van der Waals surface area (Å²) in [5, 5.41) is 3.62. The Balaban J connectivity index is 2.41. The zero-order chi connectivity index (χ0) is 12.0. The highest BCUT2D eigenvalue weighted by atomic mass is 15.2. The van der Waals surface area contributed by atoms with Crippen LogP contribution in [0.1, 0.15) is 52.9 Å². The molecule has 2 heteroatoms. The first kappa shape index (κ1) is 14.0. The smallest absolute Gasteiger partial charge is 0.00936 e. The van der Waals surface area contributed by atoms with Crippen LogP contribution in [-0.4, -0.2) is 37.6 Å². The zero-order valence-electron chi connectivity index (χ0n) is 11.7. The fourth-order valence-electron chi connectivity index (χ4n) is 2.48. The minimum absolute atomic E-state index is 0.493. The van der Waals surface area contributed by atoms with Crippen molar-refractivity contribution in [2.75, 3.05) is 26.7 Å². The van der Waals surface area contributed by atoms with E-state index in [4.69, 9.17) is 0 Å². The largest absolute Gasteiger partial charge is 0.316 e. The van der Waals surface area contributed by atoms with E-state index in [0.29, 0.717) is 5.41 Å². The summed E-state index contributed by atoms with van der Waals surface area (Å²) >= 11 is 0. The summed E-state index contributed by atoms with van der Waals surface area (Å²) in [5.41, 5.74) is 0.493. The third-order valence-electron chi connectivity index (χ3n) is 4.18. The molecule has 96 valence electrons. The standard InChI is InChI=1S/C14H30N2/c1-5-10-15-11-14(6-2,7-3)12-16(4)13-8-9-13/h13,15H,5-12H2,1-4H3. The SMILES string of the molecule is CCCNCC(CC)(CC)CN(C)C1CC1.